The minimum Gasteiger partial charge on any atom is -0.0844 e. The molecule has 0 aromatic heterocycles. The topological polar surface area (TPSA) is 0 Å². The molecular weight excluding hydrogens is 156 g/mol. The van der Waals surface area contributed by atoms with Crippen molar-refractivity contribution in [2.45, 2.75) is 20.3 Å². The Morgan fingerprint density at radius 3 is 2.91 bits per heavy atom. The van der Waals surface area contributed by atoms with Gasteiger partial charge in [-0.2, -0.15) is 0 Å². The van der Waals surface area contributed by atoms with Crippen LogP contribution in [0.3, 0.4) is 0 Å². The van der Waals surface area contributed by atoms with E-state index >= 15 is 0 Å². The molecule has 0 amide bonds. The summed E-state index contributed by atoms with van der Waals surface area (Å²) in [5.74, 6) is 0.646. The van der Waals surface area contributed by atoms with Gasteiger partial charge in [0.2, 0.25) is 0 Å². The predicted molar refractivity (Wildman–Crippen MR) is 50.6 cm³/mol. The van der Waals surface area contributed by atoms with Crippen LogP contribution in [0.25, 0.3) is 0 Å². The van der Waals surface area contributed by atoms with Crippen molar-refractivity contribution in [3.05, 3.63) is 34.9 Å². The molecule has 0 aromatic rings. The summed E-state index contributed by atoms with van der Waals surface area (Å²) in [6.07, 6.45) is 9.22. The molecule has 0 nitrogen and oxygen atoms in total. The van der Waals surface area contributed by atoms with E-state index in [1.807, 2.05) is 12.2 Å². The van der Waals surface area contributed by atoms with E-state index in [9.17, 15) is 0 Å². The number of hydrogen-bond donors (Lipinski definition) is 0. The van der Waals surface area contributed by atoms with Gasteiger partial charge in [0, 0.05) is 5.03 Å². The third-order valence-electron chi connectivity index (χ3n) is 2.05. The van der Waals surface area contributed by atoms with Gasteiger partial charge in [0.05, 0.1) is 0 Å². The van der Waals surface area contributed by atoms with Gasteiger partial charge in [-0.1, -0.05) is 36.2 Å². The lowest BCUT2D eigenvalue weighted by molar-refractivity contribution is 0.694. The smallest absolute Gasteiger partial charge is 0.0402 e. The Hall–Kier alpha value is -0.490. The standard InChI is InChI=1S/C10H13Cl/c1-8-4-3-5-10(11)7-6-9(8)2/h3,5-8H,4H2,1-2H3/b5-3+,9-6-,10-7+. The Balaban J connectivity index is 2.84. The van der Waals surface area contributed by atoms with Crippen molar-refractivity contribution in [2.75, 3.05) is 0 Å². The second-order valence-corrected chi connectivity index (χ2v) is 3.44. The zero-order valence-electron chi connectivity index (χ0n) is 6.97. The molecule has 60 valence electrons. The minimum absolute atomic E-state index is 0.646. The van der Waals surface area contributed by atoms with Crippen LogP contribution in [0.5, 0.6) is 0 Å². The van der Waals surface area contributed by atoms with Gasteiger partial charge in [-0.05, 0) is 31.4 Å². The number of halogens is 1. The molecule has 0 radical (unpaired) electrons. The first kappa shape index (κ1) is 8.61. The zero-order valence-corrected chi connectivity index (χ0v) is 7.73. The van der Waals surface area contributed by atoms with E-state index < -0.39 is 0 Å². The predicted octanol–water partition coefficient (Wildman–Crippen LogP) is 3.65. The van der Waals surface area contributed by atoms with Gasteiger partial charge in [0.1, 0.15) is 0 Å². The van der Waals surface area contributed by atoms with E-state index in [2.05, 4.69) is 26.0 Å². The molecular formula is C10H13Cl. The lowest BCUT2D eigenvalue weighted by Crippen LogP contribution is -1.94. The van der Waals surface area contributed by atoms with E-state index in [0.29, 0.717) is 5.92 Å². The molecule has 1 unspecified atom stereocenters. The van der Waals surface area contributed by atoms with E-state index in [4.69, 9.17) is 11.6 Å². The van der Waals surface area contributed by atoms with Gasteiger partial charge in [0.15, 0.2) is 0 Å². The molecule has 0 saturated heterocycles. The quantitative estimate of drug-likeness (QED) is 0.518. The fourth-order valence-electron chi connectivity index (χ4n) is 1.00. The Kier molecular flexibility index (Phi) is 2.95. The normalized spacial score (nSPS) is 37.5. The van der Waals surface area contributed by atoms with E-state index in [-0.39, 0.29) is 0 Å². The highest BCUT2D eigenvalue weighted by Gasteiger charge is 2.02. The van der Waals surface area contributed by atoms with Crippen LogP contribution in [0.2, 0.25) is 0 Å². The van der Waals surface area contributed by atoms with Gasteiger partial charge in [-0.15, -0.1) is 0 Å². The van der Waals surface area contributed by atoms with Crippen LogP contribution in [0.1, 0.15) is 20.3 Å². The summed E-state index contributed by atoms with van der Waals surface area (Å²) in [5, 5.41) is 0.816. The molecule has 1 rings (SSSR count). The van der Waals surface area contributed by atoms with Crippen molar-refractivity contribution in [3.63, 3.8) is 0 Å². The summed E-state index contributed by atoms with van der Waals surface area (Å²) in [7, 11) is 0. The van der Waals surface area contributed by atoms with Gasteiger partial charge in [-0.25, -0.2) is 0 Å². The highest BCUT2D eigenvalue weighted by Crippen LogP contribution is 2.18. The molecule has 0 bridgehead atoms. The SMILES string of the molecule is C/C1=C/C=C(Cl)\C=C\CC1C. The zero-order chi connectivity index (χ0) is 8.27. The molecule has 11 heavy (non-hydrogen) atoms. The third-order valence-corrected chi connectivity index (χ3v) is 2.30. The number of hydrogen-bond acceptors (Lipinski definition) is 0. The van der Waals surface area contributed by atoms with Crippen molar-refractivity contribution < 1.29 is 0 Å². The van der Waals surface area contributed by atoms with Crippen LogP contribution in [0.15, 0.2) is 34.9 Å². The van der Waals surface area contributed by atoms with Gasteiger partial charge in [0.25, 0.3) is 0 Å². The summed E-state index contributed by atoms with van der Waals surface area (Å²) in [6, 6.07) is 0. The molecule has 1 heteroatoms. The molecule has 1 atom stereocenters. The lowest BCUT2D eigenvalue weighted by Gasteiger charge is -2.09. The Morgan fingerprint density at radius 1 is 1.45 bits per heavy atom. The van der Waals surface area contributed by atoms with Crippen LogP contribution >= 0.6 is 11.6 Å². The van der Waals surface area contributed by atoms with Gasteiger partial charge >= 0.3 is 0 Å². The van der Waals surface area contributed by atoms with E-state index in [0.717, 1.165) is 11.5 Å². The molecule has 0 N–H and O–H groups in total. The lowest BCUT2D eigenvalue weighted by atomic mass is 9.97. The van der Waals surface area contributed by atoms with Crippen LogP contribution in [-0.2, 0) is 0 Å². The van der Waals surface area contributed by atoms with Crippen molar-refractivity contribution in [2.24, 2.45) is 5.92 Å². The fourth-order valence-corrected chi connectivity index (χ4v) is 1.15. The largest absolute Gasteiger partial charge is 0.0844 e. The second-order valence-electron chi connectivity index (χ2n) is 3.00. The summed E-state index contributed by atoms with van der Waals surface area (Å²) in [4.78, 5) is 0. The van der Waals surface area contributed by atoms with E-state index in [1.54, 1.807) is 0 Å². The molecule has 0 aliphatic heterocycles. The van der Waals surface area contributed by atoms with Crippen LogP contribution in [0.4, 0.5) is 0 Å². The average Bonchev–Trinajstić information content (AvgIpc) is 1.98. The monoisotopic (exact) mass is 168 g/mol. The van der Waals surface area contributed by atoms with Crippen LogP contribution < -0.4 is 0 Å². The summed E-state index contributed by atoms with van der Waals surface area (Å²) in [5.41, 5.74) is 1.40. The molecule has 0 aromatic carbocycles. The highest BCUT2D eigenvalue weighted by molar-refractivity contribution is 6.31. The summed E-state index contributed by atoms with van der Waals surface area (Å²) < 4.78 is 0. The first-order valence-corrected chi connectivity index (χ1v) is 4.28. The van der Waals surface area contributed by atoms with Gasteiger partial charge in [-0.3, -0.25) is 0 Å². The van der Waals surface area contributed by atoms with E-state index in [1.165, 1.54) is 5.57 Å². The maximum Gasteiger partial charge on any atom is 0.0402 e. The van der Waals surface area contributed by atoms with Crippen LogP contribution in [-0.4, -0.2) is 0 Å². The second kappa shape index (κ2) is 3.77. The maximum absolute atomic E-state index is 5.84. The number of rotatable bonds is 0. The van der Waals surface area contributed by atoms with Crippen molar-refractivity contribution >= 4 is 11.6 Å². The molecule has 0 spiro atoms. The van der Waals surface area contributed by atoms with Crippen molar-refractivity contribution in [1.29, 1.82) is 0 Å². The minimum atomic E-state index is 0.646. The number of allylic oxidation sites excluding steroid dienone is 6. The molecule has 0 fully saturated rings. The molecule has 0 saturated carbocycles. The summed E-state index contributed by atoms with van der Waals surface area (Å²) in [6.45, 7) is 4.37. The molecule has 1 aliphatic carbocycles. The van der Waals surface area contributed by atoms with Crippen molar-refractivity contribution in [3.8, 4) is 0 Å². The first-order valence-electron chi connectivity index (χ1n) is 3.90. The Labute approximate surface area is 73.3 Å². The Bertz CT molecular complexity index is 221. The molecule has 1 aliphatic rings. The third kappa shape index (κ3) is 2.55. The fraction of sp³-hybridized carbons (Fsp3) is 0.400. The highest BCUT2D eigenvalue weighted by atomic mass is 35.5. The maximum atomic E-state index is 5.84. The average molecular weight is 169 g/mol. The van der Waals surface area contributed by atoms with Gasteiger partial charge < -0.3 is 0 Å². The van der Waals surface area contributed by atoms with Crippen LogP contribution in [0, 0.1) is 5.92 Å². The van der Waals surface area contributed by atoms with Crippen molar-refractivity contribution in [1.82, 2.24) is 0 Å². The Morgan fingerprint density at radius 2 is 2.18 bits per heavy atom. The first-order chi connectivity index (χ1) is 5.20. The molecule has 0 heterocycles. The summed E-state index contributed by atoms with van der Waals surface area (Å²) >= 11 is 5.84.